The molecule has 2 fully saturated rings. The normalized spacial score (nSPS) is 28.8. The molecular weight excluding hydrogens is 332 g/mol. The van der Waals surface area contributed by atoms with Crippen LogP contribution in [-0.4, -0.2) is 27.8 Å². The average Bonchev–Trinajstić information content (AvgIpc) is 3.31. The van der Waals surface area contributed by atoms with Crippen LogP contribution in [0.2, 0.25) is 0 Å². The van der Waals surface area contributed by atoms with Gasteiger partial charge in [-0.2, -0.15) is 5.01 Å². The van der Waals surface area contributed by atoms with E-state index in [2.05, 4.69) is 5.43 Å². The number of aromatic hydroxyl groups is 1. The molecule has 6 heteroatoms. The van der Waals surface area contributed by atoms with E-state index in [4.69, 9.17) is 0 Å². The van der Waals surface area contributed by atoms with E-state index in [-0.39, 0.29) is 46.8 Å². The molecule has 0 spiro atoms. The minimum absolute atomic E-state index is 0.0301. The summed E-state index contributed by atoms with van der Waals surface area (Å²) in [6.07, 6.45) is 4.83. The number of carbonyl (C=O) groups is 3. The van der Waals surface area contributed by atoms with E-state index >= 15 is 0 Å². The maximum Gasteiger partial charge on any atom is 0.274 e. The van der Waals surface area contributed by atoms with Crippen molar-refractivity contribution in [3.8, 4) is 5.75 Å². The van der Waals surface area contributed by atoms with Gasteiger partial charge in [0, 0.05) is 0 Å². The van der Waals surface area contributed by atoms with Gasteiger partial charge >= 0.3 is 0 Å². The molecule has 4 atom stereocenters. The molecule has 2 aromatic carbocycles. The van der Waals surface area contributed by atoms with Crippen LogP contribution in [0.5, 0.6) is 5.75 Å². The van der Waals surface area contributed by atoms with Crippen molar-refractivity contribution in [2.75, 3.05) is 0 Å². The van der Waals surface area contributed by atoms with E-state index in [9.17, 15) is 19.5 Å². The molecule has 1 aliphatic heterocycles. The first-order chi connectivity index (χ1) is 12.5. The van der Waals surface area contributed by atoms with Crippen LogP contribution in [0, 0.1) is 23.7 Å². The Labute approximate surface area is 149 Å². The van der Waals surface area contributed by atoms with Crippen molar-refractivity contribution in [1.82, 2.24) is 10.4 Å². The van der Waals surface area contributed by atoms with E-state index in [0.717, 1.165) is 22.2 Å². The van der Waals surface area contributed by atoms with E-state index in [1.165, 1.54) is 6.07 Å². The third kappa shape index (κ3) is 1.95. The molecule has 2 aromatic rings. The average molecular weight is 348 g/mol. The predicted octanol–water partition coefficient (Wildman–Crippen LogP) is 2.00. The Morgan fingerprint density at radius 3 is 2.19 bits per heavy atom. The molecule has 0 aromatic heterocycles. The van der Waals surface area contributed by atoms with Crippen molar-refractivity contribution in [3.05, 3.63) is 54.1 Å². The summed E-state index contributed by atoms with van der Waals surface area (Å²) >= 11 is 0. The second kappa shape index (κ2) is 5.17. The number of nitrogens with zero attached hydrogens (tertiary/aromatic N) is 1. The summed E-state index contributed by atoms with van der Waals surface area (Å²) in [5.74, 6) is -2.16. The van der Waals surface area contributed by atoms with Gasteiger partial charge in [-0.25, -0.2) is 0 Å². The summed E-state index contributed by atoms with van der Waals surface area (Å²) in [6.45, 7) is 0. The Morgan fingerprint density at radius 2 is 1.58 bits per heavy atom. The molecule has 26 heavy (non-hydrogen) atoms. The Hall–Kier alpha value is -3.15. The summed E-state index contributed by atoms with van der Waals surface area (Å²) in [5.41, 5.74) is 2.44. The molecule has 6 nitrogen and oxygen atoms in total. The number of hydrazine groups is 1. The van der Waals surface area contributed by atoms with Gasteiger partial charge in [0.15, 0.2) is 0 Å². The van der Waals surface area contributed by atoms with Gasteiger partial charge < -0.3 is 5.11 Å². The number of amides is 3. The fourth-order valence-electron chi connectivity index (χ4n) is 4.58. The molecule has 2 aliphatic carbocycles. The topological polar surface area (TPSA) is 86.7 Å². The Kier molecular flexibility index (Phi) is 3.01. The van der Waals surface area contributed by atoms with E-state index in [1.807, 2.05) is 36.4 Å². The maximum atomic E-state index is 12.6. The first kappa shape index (κ1) is 15.1. The zero-order valence-corrected chi connectivity index (χ0v) is 13.8. The molecule has 2 bridgehead atoms. The quantitative estimate of drug-likeness (QED) is 0.642. The summed E-state index contributed by atoms with van der Waals surface area (Å²) in [6, 6.07) is 10.4. The third-order valence-corrected chi connectivity index (χ3v) is 5.79. The van der Waals surface area contributed by atoms with Gasteiger partial charge in [0.2, 0.25) is 0 Å². The number of benzene rings is 2. The fourth-order valence-corrected chi connectivity index (χ4v) is 4.58. The zero-order valence-electron chi connectivity index (χ0n) is 13.8. The number of hydrogen-bond acceptors (Lipinski definition) is 4. The van der Waals surface area contributed by atoms with Crippen molar-refractivity contribution < 1.29 is 19.5 Å². The van der Waals surface area contributed by atoms with Crippen LogP contribution in [0.25, 0.3) is 10.8 Å². The van der Waals surface area contributed by atoms with Crippen molar-refractivity contribution >= 4 is 28.5 Å². The molecule has 0 unspecified atom stereocenters. The highest BCUT2D eigenvalue weighted by Crippen LogP contribution is 2.52. The lowest BCUT2D eigenvalue weighted by atomic mass is 9.85. The SMILES string of the molecule is O=C(NN1C(=O)[C@@H]2[C@H](C1=O)[C@H]1C=C[C@H]2C1)c1cc2ccccc2cc1O. The number of carbonyl (C=O) groups excluding carboxylic acids is 3. The summed E-state index contributed by atoms with van der Waals surface area (Å²) in [4.78, 5) is 37.9. The highest BCUT2D eigenvalue weighted by atomic mass is 16.3. The molecule has 3 amide bonds. The molecule has 5 rings (SSSR count). The maximum absolute atomic E-state index is 12.6. The molecule has 2 N–H and O–H groups in total. The number of rotatable bonds is 2. The van der Waals surface area contributed by atoms with Gasteiger partial charge in [-0.15, -0.1) is 0 Å². The molecule has 1 saturated carbocycles. The first-order valence-electron chi connectivity index (χ1n) is 8.63. The summed E-state index contributed by atoms with van der Waals surface area (Å²) < 4.78 is 0. The number of imide groups is 1. The van der Waals surface area contributed by atoms with Crippen LogP contribution in [0.3, 0.4) is 0 Å². The lowest BCUT2D eigenvalue weighted by Gasteiger charge is -2.18. The Bertz CT molecular complexity index is 982. The van der Waals surface area contributed by atoms with Crippen LogP contribution in [-0.2, 0) is 9.59 Å². The number of hydrogen-bond donors (Lipinski definition) is 2. The van der Waals surface area contributed by atoms with Crippen molar-refractivity contribution in [1.29, 1.82) is 0 Å². The molecular formula is C20H16N2O4. The van der Waals surface area contributed by atoms with E-state index in [0.29, 0.717) is 0 Å². The van der Waals surface area contributed by atoms with Crippen molar-refractivity contribution in [2.45, 2.75) is 6.42 Å². The Morgan fingerprint density at radius 1 is 1.00 bits per heavy atom. The largest absolute Gasteiger partial charge is 0.507 e. The smallest absolute Gasteiger partial charge is 0.274 e. The summed E-state index contributed by atoms with van der Waals surface area (Å²) in [7, 11) is 0. The van der Waals surface area contributed by atoms with Gasteiger partial charge in [-0.1, -0.05) is 36.4 Å². The second-order valence-electron chi connectivity index (χ2n) is 7.17. The number of allylic oxidation sites excluding steroid dienone is 2. The van der Waals surface area contributed by atoms with Crippen LogP contribution < -0.4 is 5.43 Å². The van der Waals surface area contributed by atoms with Crippen LogP contribution in [0.4, 0.5) is 0 Å². The number of nitrogens with one attached hydrogen (secondary N) is 1. The second-order valence-corrected chi connectivity index (χ2v) is 7.17. The van der Waals surface area contributed by atoms with Crippen molar-refractivity contribution in [2.24, 2.45) is 23.7 Å². The van der Waals surface area contributed by atoms with Gasteiger partial charge in [0.05, 0.1) is 17.4 Å². The predicted molar refractivity (Wildman–Crippen MR) is 92.6 cm³/mol. The third-order valence-electron chi connectivity index (χ3n) is 5.79. The standard InChI is InChI=1S/C20H16N2O4/c23-15-9-11-4-2-1-3-10(11)8-14(15)18(24)21-22-19(25)16-12-5-6-13(7-12)17(16)20(22)26/h1-6,8-9,12-13,16-17,23H,7H2,(H,21,24)/t12-,13-,16-,17+/m0/s1. The summed E-state index contributed by atoms with van der Waals surface area (Å²) in [5, 5.41) is 12.6. The highest BCUT2D eigenvalue weighted by molar-refractivity contribution is 6.09. The molecule has 1 heterocycles. The molecule has 130 valence electrons. The molecule has 1 saturated heterocycles. The minimum atomic E-state index is -0.671. The first-order valence-corrected chi connectivity index (χ1v) is 8.63. The van der Waals surface area contributed by atoms with Gasteiger partial charge in [0.1, 0.15) is 5.75 Å². The molecule has 0 radical (unpaired) electrons. The zero-order chi connectivity index (χ0) is 18.0. The van der Waals surface area contributed by atoms with E-state index < -0.39 is 5.91 Å². The van der Waals surface area contributed by atoms with Crippen LogP contribution in [0.1, 0.15) is 16.8 Å². The van der Waals surface area contributed by atoms with E-state index in [1.54, 1.807) is 6.07 Å². The van der Waals surface area contributed by atoms with Gasteiger partial charge in [0.25, 0.3) is 17.7 Å². The molecule has 3 aliphatic rings. The number of phenols is 1. The van der Waals surface area contributed by atoms with Gasteiger partial charge in [-0.05, 0) is 41.2 Å². The Balaban J connectivity index is 1.44. The number of fused-ring (bicyclic) bond motifs is 6. The monoisotopic (exact) mass is 348 g/mol. The number of phenolic OH excluding ortho intramolecular Hbond substituents is 1. The lowest BCUT2D eigenvalue weighted by Crippen LogP contribution is -2.47. The van der Waals surface area contributed by atoms with Crippen LogP contribution >= 0.6 is 0 Å². The minimum Gasteiger partial charge on any atom is -0.507 e. The fraction of sp³-hybridized carbons (Fsp3) is 0.250. The van der Waals surface area contributed by atoms with Crippen LogP contribution in [0.15, 0.2) is 48.6 Å². The highest BCUT2D eigenvalue weighted by Gasteiger charge is 2.59. The van der Waals surface area contributed by atoms with Crippen molar-refractivity contribution in [3.63, 3.8) is 0 Å². The lowest BCUT2D eigenvalue weighted by molar-refractivity contribution is -0.143. The van der Waals surface area contributed by atoms with Gasteiger partial charge in [-0.3, -0.25) is 19.8 Å².